The van der Waals surface area contributed by atoms with E-state index >= 15 is 0 Å². The van der Waals surface area contributed by atoms with E-state index in [1.165, 1.54) is 12.1 Å². The topological polar surface area (TPSA) is 93.5 Å². The van der Waals surface area contributed by atoms with Gasteiger partial charge in [-0.3, -0.25) is 10.1 Å². The molecule has 0 radical (unpaired) electrons. The second-order valence-corrected chi connectivity index (χ2v) is 6.32. The Kier molecular flexibility index (Phi) is 5.50. The first kappa shape index (κ1) is 17.9. The molecule has 24 heavy (non-hydrogen) atoms. The van der Waals surface area contributed by atoms with Gasteiger partial charge in [0.1, 0.15) is 0 Å². The van der Waals surface area contributed by atoms with E-state index in [1.807, 2.05) is 13.8 Å². The summed E-state index contributed by atoms with van der Waals surface area (Å²) in [7, 11) is 0. The van der Waals surface area contributed by atoms with Gasteiger partial charge < -0.3 is 15.4 Å². The molecule has 1 aromatic carbocycles. The summed E-state index contributed by atoms with van der Waals surface area (Å²) < 4.78 is 5.32. The van der Waals surface area contributed by atoms with Crippen molar-refractivity contribution in [2.45, 2.75) is 26.8 Å². The minimum absolute atomic E-state index is 0.0497. The smallest absolute Gasteiger partial charge is 0.338 e. The number of nitro benzene ring substituents is 1. The molecule has 0 fully saturated rings. The molecule has 0 saturated heterocycles. The van der Waals surface area contributed by atoms with Gasteiger partial charge >= 0.3 is 5.97 Å². The number of benzene rings is 1. The molecule has 0 amide bonds. The van der Waals surface area contributed by atoms with Crippen molar-refractivity contribution in [3.8, 4) is 0 Å². The van der Waals surface area contributed by atoms with Crippen molar-refractivity contribution in [3.05, 3.63) is 51.2 Å². The molecule has 2 N–H and O–H groups in total. The summed E-state index contributed by atoms with van der Waals surface area (Å²) in [5.41, 5.74) is 1.46. The third-order valence-electron chi connectivity index (χ3n) is 3.45. The van der Waals surface area contributed by atoms with Crippen LogP contribution in [0, 0.1) is 16.0 Å². The molecule has 0 aromatic heterocycles. The summed E-state index contributed by atoms with van der Waals surface area (Å²) >= 11 is 5.15. The first-order chi connectivity index (χ1) is 11.3. The van der Waals surface area contributed by atoms with Gasteiger partial charge in [0.2, 0.25) is 0 Å². The molecule has 0 aliphatic carbocycles. The maximum Gasteiger partial charge on any atom is 0.338 e. The van der Waals surface area contributed by atoms with Gasteiger partial charge in [-0.1, -0.05) is 26.0 Å². The van der Waals surface area contributed by atoms with Crippen LogP contribution in [0.3, 0.4) is 0 Å². The molecule has 1 heterocycles. The highest BCUT2D eigenvalue weighted by Gasteiger charge is 2.31. The standard InChI is InChI=1S/C16H19N3O4S/c1-9(2)8-23-15(20)13-10(3)17-16(24)18-14(13)11-5-4-6-12(7-11)19(21)22/h4-7,9,14H,8H2,1-3H3,(H2,17,18,24)/t14-/m1/s1. The summed E-state index contributed by atoms with van der Waals surface area (Å²) in [6.07, 6.45) is 0. The normalized spacial score (nSPS) is 17.3. The lowest BCUT2D eigenvalue weighted by molar-refractivity contribution is -0.384. The quantitative estimate of drug-likeness (QED) is 0.365. The van der Waals surface area contributed by atoms with E-state index in [0.717, 1.165) is 0 Å². The SMILES string of the molecule is CC1=C(C(=O)OCC(C)C)[C@@H](c2cccc([N+](=O)[O-])c2)NC(=S)N1. The van der Waals surface area contributed by atoms with Crippen molar-refractivity contribution in [3.63, 3.8) is 0 Å². The third kappa shape index (κ3) is 4.08. The van der Waals surface area contributed by atoms with E-state index in [2.05, 4.69) is 10.6 Å². The van der Waals surface area contributed by atoms with E-state index in [1.54, 1.807) is 19.1 Å². The van der Waals surface area contributed by atoms with Gasteiger partial charge in [0.15, 0.2) is 5.11 Å². The molecule has 1 aliphatic heterocycles. The molecule has 1 aromatic rings. The summed E-state index contributed by atoms with van der Waals surface area (Å²) in [4.78, 5) is 23.0. The van der Waals surface area contributed by atoms with Crippen LogP contribution in [0.5, 0.6) is 0 Å². The van der Waals surface area contributed by atoms with Crippen molar-refractivity contribution in [1.29, 1.82) is 0 Å². The number of rotatable bonds is 5. The Bertz CT molecular complexity index is 715. The van der Waals surface area contributed by atoms with Crippen LogP contribution in [-0.4, -0.2) is 22.6 Å². The van der Waals surface area contributed by atoms with E-state index in [9.17, 15) is 14.9 Å². The molecule has 0 bridgehead atoms. The van der Waals surface area contributed by atoms with Crippen LogP contribution in [0.1, 0.15) is 32.4 Å². The summed E-state index contributed by atoms with van der Waals surface area (Å²) in [6, 6.07) is 5.51. The van der Waals surface area contributed by atoms with E-state index < -0.39 is 16.9 Å². The summed E-state index contributed by atoms with van der Waals surface area (Å²) in [5, 5.41) is 17.2. The highest BCUT2D eigenvalue weighted by atomic mass is 32.1. The Morgan fingerprint density at radius 3 is 2.79 bits per heavy atom. The summed E-state index contributed by atoms with van der Waals surface area (Å²) in [6.45, 7) is 5.91. The van der Waals surface area contributed by atoms with Crippen molar-refractivity contribution in [2.24, 2.45) is 5.92 Å². The molecule has 2 rings (SSSR count). The number of nitrogens with zero attached hydrogens (tertiary/aromatic N) is 1. The third-order valence-corrected chi connectivity index (χ3v) is 3.67. The summed E-state index contributed by atoms with van der Waals surface area (Å²) in [5.74, 6) is -0.267. The first-order valence-electron chi connectivity index (χ1n) is 7.49. The monoisotopic (exact) mass is 349 g/mol. The Balaban J connectivity index is 2.39. The van der Waals surface area contributed by atoms with Crippen LogP contribution < -0.4 is 10.6 Å². The lowest BCUT2D eigenvalue weighted by atomic mass is 9.95. The lowest BCUT2D eigenvalue weighted by Gasteiger charge is -2.29. The zero-order valence-corrected chi connectivity index (χ0v) is 14.5. The number of ether oxygens (including phenoxy) is 1. The van der Waals surface area contributed by atoms with Crippen LogP contribution in [0.25, 0.3) is 0 Å². The van der Waals surface area contributed by atoms with Crippen molar-refractivity contribution in [1.82, 2.24) is 10.6 Å². The number of nitrogens with one attached hydrogen (secondary N) is 2. The molecule has 7 nitrogen and oxygen atoms in total. The number of allylic oxidation sites excluding steroid dienone is 1. The van der Waals surface area contributed by atoms with E-state index in [0.29, 0.717) is 28.6 Å². The highest BCUT2D eigenvalue weighted by molar-refractivity contribution is 7.80. The molecule has 1 atom stereocenters. The Morgan fingerprint density at radius 2 is 2.17 bits per heavy atom. The van der Waals surface area contributed by atoms with Crippen molar-refractivity contribution < 1.29 is 14.5 Å². The van der Waals surface area contributed by atoms with Crippen LogP contribution in [0.2, 0.25) is 0 Å². The number of hydrogen-bond donors (Lipinski definition) is 2. The first-order valence-corrected chi connectivity index (χ1v) is 7.90. The molecule has 0 saturated carbocycles. The molecule has 8 heteroatoms. The molecular weight excluding hydrogens is 330 g/mol. The fourth-order valence-electron chi connectivity index (χ4n) is 2.35. The number of hydrogen-bond acceptors (Lipinski definition) is 5. The molecule has 128 valence electrons. The average Bonchev–Trinajstić information content (AvgIpc) is 2.52. The number of carbonyl (C=O) groups is 1. The molecule has 1 aliphatic rings. The second-order valence-electron chi connectivity index (χ2n) is 5.91. The molecule has 0 spiro atoms. The number of esters is 1. The number of carbonyl (C=O) groups excluding carboxylic acids is 1. The number of non-ortho nitro benzene ring substituents is 1. The van der Waals surface area contributed by atoms with Gasteiger partial charge in [0.25, 0.3) is 5.69 Å². The highest BCUT2D eigenvalue weighted by Crippen LogP contribution is 2.29. The minimum Gasteiger partial charge on any atom is -0.462 e. The predicted molar refractivity (Wildman–Crippen MR) is 93.2 cm³/mol. The van der Waals surface area contributed by atoms with Gasteiger partial charge in [-0.15, -0.1) is 0 Å². The Hall–Kier alpha value is -2.48. The van der Waals surface area contributed by atoms with Gasteiger partial charge in [0.05, 0.1) is 23.1 Å². The second kappa shape index (κ2) is 7.39. The lowest BCUT2D eigenvalue weighted by Crippen LogP contribution is -2.45. The van der Waals surface area contributed by atoms with E-state index in [-0.39, 0.29) is 11.6 Å². The van der Waals surface area contributed by atoms with Crippen LogP contribution in [-0.2, 0) is 9.53 Å². The minimum atomic E-state index is -0.599. The Labute approximate surface area is 145 Å². The van der Waals surface area contributed by atoms with Crippen molar-refractivity contribution >= 4 is 29.0 Å². The fourth-order valence-corrected chi connectivity index (χ4v) is 2.62. The number of nitro groups is 1. The van der Waals surface area contributed by atoms with Crippen molar-refractivity contribution in [2.75, 3.05) is 6.61 Å². The van der Waals surface area contributed by atoms with Crippen LogP contribution >= 0.6 is 12.2 Å². The van der Waals surface area contributed by atoms with Crippen LogP contribution in [0.15, 0.2) is 35.5 Å². The zero-order chi connectivity index (χ0) is 17.9. The van der Waals surface area contributed by atoms with Gasteiger partial charge in [0, 0.05) is 17.8 Å². The van der Waals surface area contributed by atoms with Gasteiger partial charge in [-0.05, 0) is 30.6 Å². The largest absolute Gasteiger partial charge is 0.462 e. The maximum absolute atomic E-state index is 12.5. The maximum atomic E-state index is 12.5. The van der Waals surface area contributed by atoms with Crippen LogP contribution in [0.4, 0.5) is 5.69 Å². The molecule has 0 unspecified atom stereocenters. The van der Waals surface area contributed by atoms with Gasteiger partial charge in [-0.2, -0.15) is 0 Å². The van der Waals surface area contributed by atoms with Gasteiger partial charge in [-0.25, -0.2) is 4.79 Å². The fraction of sp³-hybridized carbons (Fsp3) is 0.375. The average molecular weight is 349 g/mol. The predicted octanol–water partition coefficient (Wildman–Crippen LogP) is 2.59. The zero-order valence-electron chi connectivity index (χ0n) is 13.7. The van der Waals surface area contributed by atoms with E-state index in [4.69, 9.17) is 17.0 Å². The Morgan fingerprint density at radius 1 is 1.46 bits per heavy atom. The molecular formula is C16H19N3O4S. The number of thiocarbonyl (C=S) groups is 1.